The number of hydrogen-bond donors (Lipinski definition) is 1. The minimum Gasteiger partial charge on any atom is -1.00 e. The molecule has 256 valence electrons. The van der Waals surface area contributed by atoms with Crippen molar-refractivity contribution in [2.75, 3.05) is 20.6 Å². The zero-order chi connectivity index (χ0) is 34.2. The van der Waals surface area contributed by atoms with Crippen molar-refractivity contribution >= 4 is 12.0 Å². The number of amides is 1. The van der Waals surface area contributed by atoms with Gasteiger partial charge in [0.2, 0.25) is 6.39 Å². The van der Waals surface area contributed by atoms with E-state index in [-0.39, 0.29) is 35.5 Å². The molecule has 12 nitrogen and oxygen atoms in total. The van der Waals surface area contributed by atoms with E-state index in [0.29, 0.717) is 46.1 Å². The summed E-state index contributed by atoms with van der Waals surface area (Å²) in [4.78, 5) is 32.3. The molecule has 0 saturated heterocycles. The lowest BCUT2D eigenvalue weighted by Gasteiger charge is -2.34. The number of carbonyl (C=O) groups excluding carboxylic acids is 1. The van der Waals surface area contributed by atoms with Crippen LogP contribution in [-0.2, 0) is 6.18 Å². The first-order valence-corrected chi connectivity index (χ1v) is 15.3. The van der Waals surface area contributed by atoms with E-state index in [0.717, 1.165) is 40.7 Å². The van der Waals surface area contributed by atoms with Gasteiger partial charge in [-0.05, 0) is 81.1 Å². The second-order valence-electron chi connectivity index (χ2n) is 12.5. The zero-order valence-electron chi connectivity index (χ0n) is 26.9. The number of carbonyl (C=O) groups is 1. The van der Waals surface area contributed by atoms with Gasteiger partial charge in [0.15, 0.2) is 0 Å². The van der Waals surface area contributed by atoms with Crippen molar-refractivity contribution in [3.05, 3.63) is 94.5 Å². The highest BCUT2D eigenvalue weighted by atomic mass is 35.5. The van der Waals surface area contributed by atoms with Gasteiger partial charge in [0.05, 0.1) is 66.8 Å². The van der Waals surface area contributed by atoms with Crippen molar-refractivity contribution in [2.24, 2.45) is 5.92 Å². The number of alkyl halides is 3. The molecule has 0 atom stereocenters. The van der Waals surface area contributed by atoms with Crippen LogP contribution in [0.4, 0.5) is 23.9 Å². The maximum Gasteiger partial charge on any atom is 0.416 e. The van der Waals surface area contributed by atoms with Crippen LogP contribution in [0.1, 0.15) is 42.5 Å². The topological polar surface area (TPSA) is 137 Å². The number of benzene rings is 2. The molecule has 0 aliphatic heterocycles. The second kappa shape index (κ2) is 13.7. The van der Waals surface area contributed by atoms with Gasteiger partial charge in [-0.1, -0.05) is 6.07 Å². The Morgan fingerprint density at radius 2 is 1.80 bits per heavy atom. The summed E-state index contributed by atoms with van der Waals surface area (Å²) in [5.74, 6) is 0.925. The van der Waals surface area contributed by atoms with Gasteiger partial charge in [-0.15, -0.1) is 4.98 Å². The number of quaternary nitrogens is 1. The monoisotopic (exact) mass is 695 g/mol. The molecule has 5 aromatic rings. The summed E-state index contributed by atoms with van der Waals surface area (Å²) in [6.07, 6.45) is 1.15. The van der Waals surface area contributed by atoms with Crippen molar-refractivity contribution in [2.45, 2.75) is 44.8 Å². The largest absolute Gasteiger partial charge is 1.00 e. The third-order valence-corrected chi connectivity index (χ3v) is 8.83. The van der Waals surface area contributed by atoms with E-state index in [2.05, 4.69) is 26.6 Å². The molecule has 0 radical (unpaired) electrons. The van der Waals surface area contributed by atoms with Crippen LogP contribution < -0.4 is 27.9 Å². The predicted molar refractivity (Wildman–Crippen MR) is 170 cm³/mol. The average molecular weight is 696 g/mol. The van der Waals surface area contributed by atoms with E-state index in [1.807, 2.05) is 14.1 Å². The summed E-state index contributed by atoms with van der Waals surface area (Å²) in [5.41, 5.74) is -0.0134. The first-order chi connectivity index (χ1) is 22.9. The van der Waals surface area contributed by atoms with Gasteiger partial charge >= 0.3 is 23.8 Å². The molecule has 2 aromatic carbocycles. The van der Waals surface area contributed by atoms with Gasteiger partial charge in [-0.2, -0.15) is 23.5 Å². The van der Waals surface area contributed by atoms with Gasteiger partial charge in [0, 0.05) is 17.1 Å². The third kappa shape index (κ3) is 7.01. The van der Waals surface area contributed by atoms with Crippen LogP contribution in [0, 0.1) is 24.2 Å². The summed E-state index contributed by atoms with van der Waals surface area (Å²) in [6.45, 7) is 2.36. The summed E-state index contributed by atoms with van der Waals surface area (Å²) < 4.78 is 50.0. The van der Waals surface area contributed by atoms with Crippen LogP contribution in [0.5, 0.6) is 0 Å². The van der Waals surface area contributed by atoms with Crippen molar-refractivity contribution in [3.63, 3.8) is 0 Å². The number of nitrogens with one attached hydrogen (secondary N) is 1. The molecule has 49 heavy (non-hydrogen) atoms. The number of nitriles is 1. The van der Waals surface area contributed by atoms with Crippen molar-refractivity contribution in [3.8, 4) is 28.8 Å². The first-order valence-electron chi connectivity index (χ1n) is 15.3. The van der Waals surface area contributed by atoms with E-state index in [9.17, 15) is 28.0 Å². The quantitative estimate of drug-likeness (QED) is 0.259. The standard InChI is InChI=1S/C33H32F3N9O3.ClH/c1-21-29(28-15-16-39-44(28)26-13-9-22(18-37)10-14-26)43(32(47)42(21)27-6-4-5-24(17-27)33(34,35)36)31(46)40-25-11-7-23(8-12-25)19-45(2,3)30-38-20-48-41-30;/h4-6,9-10,13-17,20,23,25H,7-8,11-12,19H2,1-3H3;1H. The highest BCUT2D eigenvalue weighted by molar-refractivity contribution is 5.83. The fourth-order valence-electron chi connectivity index (χ4n) is 6.47. The van der Waals surface area contributed by atoms with Crippen LogP contribution >= 0.6 is 0 Å². The average Bonchev–Trinajstić information content (AvgIpc) is 3.82. The van der Waals surface area contributed by atoms with Gasteiger partial charge < -0.3 is 22.2 Å². The normalized spacial score (nSPS) is 16.5. The number of rotatable bonds is 7. The molecule has 3 heterocycles. The van der Waals surface area contributed by atoms with Gasteiger partial charge in [0.1, 0.15) is 5.69 Å². The van der Waals surface area contributed by atoms with Crippen LogP contribution in [0.3, 0.4) is 0 Å². The molecule has 1 N–H and O–H groups in total. The lowest BCUT2D eigenvalue weighted by atomic mass is 9.85. The third-order valence-electron chi connectivity index (χ3n) is 8.83. The lowest BCUT2D eigenvalue weighted by molar-refractivity contribution is -0.137. The summed E-state index contributed by atoms with van der Waals surface area (Å²) in [5, 5.41) is 20.6. The number of imidazole rings is 1. The van der Waals surface area contributed by atoms with E-state index in [1.54, 1.807) is 37.3 Å². The molecular weight excluding hydrogens is 663 g/mol. The van der Waals surface area contributed by atoms with Crippen LogP contribution in [0.15, 0.2) is 76.5 Å². The summed E-state index contributed by atoms with van der Waals surface area (Å²) in [7, 11) is 4.01. The lowest BCUT2D eigenvalue weighted by Crippen LogP contribution is -3.00. The Morgan fingerprint density at radius 1 is 1.08 bits per heavy atom. The molecule has 1 aliphatic carbocycles. The molecule has 6 rings (SSSR count). The SMILES string of the molecule is Cc1c(-c2ccnn2-c2ccc(C#N)cc2)n(C(=O)NC2CCC(C[N+](C)(C)c3ncon3)CC2)c(=O)n1-c1cccc(C(F)(F)F)c1.[Cl-]. The smallest absolute Gasteiger partial charge is 0.416 e. The minimum absolute atomic E-state index is 0. The fraction of sp³-hybridized carbons (Fsp3) is 0.333. The highest BCUT2D eigenvalue weighted by Gasteiger charge is 2.34. The van der Waals surface area contributed by atoms with E-state index >= 15 is 0 Å². The summed E-state index contributed by atoms with van der Waals surface area (Å²) in [6, 6.07) is 13.8. The number of aromatic nitrogens is 6. The molecule has 1 fully saturated rings. The van der Waals surface area contributed by atoms with E-state index < -0.39 is 23.5 Å². The van der Waals surface area contributed by atoms with Crippen molar-refractivity contribution in [1.82, 2.24) is 38.9 Å². The number of hydrogen-bond acceptors (Lipinski definition) is 7. The van der Waals surface area contributed by atoms with Crippen molar-refractivity contribution in [1.29, 1.82) is 5.26 Å². The molecule has 0 bridgehead atoms. The molecule has 0 unspecified atom stereocenters. The Balaban J connectivity index is 0.00000468. The van der Waals surface area contributed by atoms with Crippen LogP contribution in [0.25, 0.3) is 22.8 Å². The molecule has 1 aliphatic rings. The summed E-state index contributed by atoms with van der Waals surface area (Å²) >= 11 is 0. The van der Waals surface area contributed by atoms with E-state index in [4.69, 9.17) is 4.52 Å². The Morgan fingerprint density at radius 3 is 2.43 bits per heavy atom. The maximum absolute atomic E-state index is 14.1. The molecule has 16 heteroatoms. The molecule has 1 saturated carbocycles. The van der Waals surface area contributed by atoms with Gasteiger partial charge in [0.25, 0.3) is 0 Å². The Hall–Kier alpha value is -5.20. The fourth-order valence-corrected chi connectivity index (χ4v) is 6.47. The van der Waals surface area contributed by atoms with Crippen LogP contribution in [0.2, 0.25) is 0 Å². The predicted octanol–water partition coefficient (Wildman–Crippen LogP) is 2.46. The van der Waals surface area contributed by atoms with Crippen molar-refractivity contribution < 1.29 is 34.9 Å². The Bertz CT molecular complexity index is 2030. The Labute approximate surface area is 285 Å². The zero-order valence-corrected chi connectivity index (χ0v) is 27.6. The van der Waals surface area contributed by atoms with Crippen LogP contribution in [-0.4, -0.2) is 61.8 Å². The molecule has 1 amide bonds. The van der Waals surface area contributed by atoms with Gasteiger partial charge in [-0.3, -0.25) is 9.05 Å². The Kier molecular flexibility index (Phi) is 9.84. The van der Waals surface area contributed by atoms with E-state index in [1.165, 1.54) is 29.4 Å². The maximum atomic E-state index is 14.1. The first kappa shape index (κ1) is 35.1. The number of nitrogens with zero attached hydrogens (tertiary/aromatic N) is 8. The minimum atomic E-state index is -4.64. The molecule has 0 spiro atoms. The molecular formula is C33H33ClF3N9O3. The number of halogens is 4. The second-order valence-corrected chi connectivity index (χ2v) is 12.5. The van der Waals surface area contributed by atoms with Gasteiger partial charge in [-0.25, -0.2) is 18.8 Å². The molecule has 3 aromatic heterocycles. The highest BCUT2D eigenvalue weighted by Crippen LogP contribution is 2.33.